The van der Waals surface area contributed by atoms with E-state index >= 15 is 0 Å². The van der Waals surface area contributed by atoms with Crippen LogP contribution in [0.25, 0.3) is 0 Å². The Hall–Kier alpha value is -1.73. The third-order valence-corrected chi connectivity index (χ3v) is 4.06. The van der Waals surface area contributed by atoms with Crippen molar-refractivity contribution in [3.8, 4) is 0 Å². The van der Waals surface area contributed by atoms with Gasteiger partial charge in [-0.2, -0.15) is 0 Å². The van der Waals surface area contributed by atoms with Gasteiger partial charge in [-0.3, -0.25) is 25.2 Å². The lowest BCUT2D eigenvalue weighted by atomic mass is 9.85. The number of aliphatic carboxylic acids is 1. The number of carbonyl (C=O) groups is 3. The molecular formula is C15H19ClN2O4S. The number of benzene rings is 1. The Morgan fingerprint density at radius 3 is 2.22 bits per heavy atom. The minimum absolute atomic E-state index is 0.00388. The Morgan fingerprint density at radius 2 is 1.65 bits per heavy atom. The first-order valence-corrected chi connectivity index (χ1v) is 8.22. The third-order valence-electron chi connectivity index (χ3n) is 2.79. The molecule has 0 atom stereocenters. The van der Waals surface area contributed by atoms with Crippen LogP contribution in [0.5, 0.6) is 0 Å². The number of hydrogen-bond acceptors (Lipinski definition) is 4. The van der Waals surface area contributed by atoms with Crippen molar-refractivity contribution in [3.63, 3.8) is 0 Å². The third kappa shape index (κ3) is 8.47. The van der Waals surface area contributed by atoms with E-state index < -0.39 is 17.3 Å². The predicted molar refractivity (Wildman–Crippen MR) is 89.1 cm³/mol. The van der Waals surface area contributed by atoms with Crippen LogP contribution >= 0.6 is 23.4 Å². The number of carbonyl (C=O) groups excluding carboxylic acids is 2. The van der Waals surface area contributed by atoms with Crippen LogP contribution in [0.3, 0.4) is 0 Å². The van der Waals surface area contributed by atoms with E-state index in [-0.39, 0.29) is 24.5 Å². The van der Waals surface area contributed by atoms with Gasteiger partial charge in [0.05, 0.1) is 12.2 Å². The summed E-state index contributed by atoms with van der Waals surface area (Å²) in [4.78, 5) is 35.0. The van der Waals surface area contributed by atoms with Crippen molar-refractivity contribution < 1.29 is 19.5 Å². The van der Waals surface area contributed by atoms with Crippen LogP contribution in [0, 0.1) is 5.41 Å². The molecule has 0 aliphatic rings. The fourth-order valence-corrected chi connectivity index (χ4v) is 2.63. The monoisotopic (exact) mass is 358 g/mol. The molecule has 23 heavy (non-hydrogen) atoms. The van der Waals surface area contributed by atoms with Gasteiger partial charge in [-0.25, -0.2) is 0 Å². The van der Waals surface area contributed by atoms with Gasteiger partial charge in [0.2, 0.25) is 11.8 Å². The summed E-state index contributed by atoms with van der Waals surface area (Å²) in [5.41, 5.74) is 3.92. The molecule has 0 aliphatic heterocycles. The molecule has 1 aromatic carbocycles. The largest absolute Gasteiger partial charge is 0.481 e. The van der Waals surface area contributed by atoms with Crippen LogP contribution in [0.15, 0.2) is 29.2 Å². The van der Waals surface area contributed by atoms with Gasteiger partial charge in [0.1, 0.15) is 0 Å². The number of amides is 2. The molecule has 0 aromatic heterocycles. The average molecular weight is 359 g/mol. The highest BCUT2D eigenvalue weighted by Gasteiger charge is 2.25. The van der Waals surface area contributed by atoms with Crippen LogP contribution in [0.2, 0.25) is 5.02 Å². The summed E-state index contributed by atoms with van der Waals surface area (Å²) in [6.07, 6.45) is -0.120. The number of carboxylic acid groups (broad SMARTS) is 1. The maximum absolute atomic E-state index is 11.7. The van der Waals surface area contributed by atoms with Gasteiger partial charge in [-0.1, -0.05) is 25.4 Å². The van der Waals surface area contributed by atoms with Gasteiger partial charge in [0.25, 0.3) is 0 Å². The van der Waals surface area contributed by atoms with Crippen molar-refractivity contribution in [2.45, 2.75) is 31.6 Å². The number of hydrogen-bond donors (Lipinski definition) is 3. The fraction of sp³-hybridized carbons (Fsp3) is 0.400. The van der Waals surface area contributed by atoms with E-state index in [1.165, 1.54) is 11.8 Å². The number of carboxylic acids is 1. The molecule has 0 saturated heterocycles. The van der Waals surface area contributed by atoms with Crippen LogP contribution in [0.4, 0.5) is 0 Å². The van der Waals surface area contributed by atoms with Crippen LogP contribution in [-0.4, -0.2) is 28.6 Å². The van der Waals surface area contributed by atoms with Gasteiger partial charge < -0.3 is 5.11 Å². The molecule has 0 aliphatic carbocycles. The Bertz CT molecular complexity index is 575. The zero-order valence-corrected chi connectivity index (χ0v) is 14.5. The molecule has 0 bridgehead atoms. The van der Waals surface area contributed by atoms with E-state index in [2.05, 4.69) is 10.9 Å². The molecule has 6 nitrogen and oxygen atoms in total. The Balaban J connectivity index is 2.31. The van der Waals surface area contributed by atoms with E-state index in [4.69, 9.17) is 16.7 Å². The maximum atomic E-state index is 11.7. The number of rotatable bonds is 7. The summed E-state index contributed by atoms with van der Waals surface area (Å²) in [5, 5.41) is 9.38. The van der Waals surface area contributed by atoms with Crippen molar-refractivity contribution in [3.05, 3.63) is 29.3 Å². The Morgan fingerprint density at radius 1 is 1.09 bits per heavy atom. The number of hydrazine groups is 1. The maximum Gasteiger partial charge on any atom is 0.303 e. The molecule has 3 N–H and O–H groups in total. The molecule has 0 heterocycles. The highest BCUT2D eigenvalue weighted by atomic mass is 35.5. The van der Waals surface area contributed by atoms with E-state index in [1.807, 2.05) is 0 Å². The SMILES string of the molecule is CC(C)(CC(=O)O)CC(=O)NNC(=O)CSc1ccc(Cl)cc1. The fourth-order valence-electron chi connectivity index (χ4n) is 1.81. The Kier molecular flexibility index (Phi) is 7.38. The van der Waals surface area contributed by atoms with E-state index in [0.717, 1.165) is 4.90 Å². The second-order valence-electron chi connectivity index (χ2n) is 5.75. The molecule has 0 fully saturated rings. The first-order valence-electron chi connectivity index (χ1n) is 6.86. The van der Waals surface area contributed by atoms with Crippen molar-refractivity contribution in [2.75, 3.05) is 5.75 Å². The highest BCUT2D eigenvalue weighted by Crippen LogP contribution is 2.24. The van der Waals surface area contributed by atoms with Gasteiger partial charge in [0, 0.05) is 16.3 Å². The average Bonchev–Trinajstić information content (AvgIpc) is 2.42. The quantitative estimate of drug-likeness (QED) is 0.514. The van der Waals surface area contributed by atoms with Crippen molar-refractivity contribution in [1.29, 1.82) is 0 Å². The van der Waals surface area contributed by atoms with Gasteiger partial charge in [-0.15, -0.1) is 11.8 Å². The summed E-state index contributed by atoms with van der Waals surface area (Å²) in [7, 11) is 0. The zero-order valence-electron chi connectivity index (χ0n) is 12.9. The number of thioether (sulfide) groups is 1. The molecule has 0 unspecified atom stereocenters. The zero-order chi connectivity index (χ0) is 17.5. The predicted octanol–water partition coefficient (Wildman–Crippen LogP) is 2.47. The van der Waals surface area contributed by atoms with Gasteiger partial charge in [0.15, 0.2) is 0 Å². The van der Waals surface area contributed by atoms with Crippen LogP contribution < -0.4 is 10.9 Å². The summed E-state index contributed by atoms with van der Waals surface area (Å²) in [6, 6.07) is 7.06. The van der Waals surface area contributed by atoms with Crippen molar-refractivity contribution >= 4 is 41.1 Å². The minimum atomic E-state index is -0.966. The number of nitrogens with one attached hydrogen (secondary N) is 2. The minimum Gasteiger partial charge on any atom is -0.481 e. The molecule has 1 rings (SSSR count). The van der Waals surface area contributed by atoms with E-state index in [1.54, 1.807) is 38.1 Å². The van der Waals surface area contributed by atoms with Crippen molar-refractivity contribution in [1.82, 2.24) is 10.9 Å². The molecule has 0 spiro atoms. The highest BCUT2D eigenvalue weighted by molar-refractivity contribution is 8.00. The molecule has 126 valence electrons. The molecule has 0 radical (unpaired) electrons. The van der Waals surface area contributed by atoms with E-state index in [9.17, 15) is 14.4 Å². The second-order valence-corrected chi connectivity index (χ2v) is 7.24. The molecule has 0 saturated carbocycles. The topological polar surface area (TPSA) is 95.5 Å². The van der Waals surface area contributed by atoms with Crippen LogP contribution in [-0.2, 0) is 14.4 Å². The van der Waals surface area contributed by atoms with E-state index in [0.29, 0.717) is 5.02 Å². The summed E-state index contributed by atoms with van der Waals surface area (Å²) >= 11 is 7.08. The molecule has 2 amide bonds. The van der Waals surface area contributed by atoms with Crippen molar-refractivity contribution in [2.24, 2.45) is 5.41 Å². The van der Waals surface area contributed by atoms with Gasteiger partial charge >= 0.3 is 5.97 Å². The second kappa shape index (κ2) is 8.79. The first-order chi connectivity index (χ1) is 10.7. The lowest BCUT2D eigenvalue weighted by molar-refractivity contribution is -0.140. The normalized spacial score (nSPS) is 10.9. The molecule has 8 heteroatoms. The summed E-state index contributed by atoms with van der Waals surface area (Å²) in [5.74, 6) is -1.61. The summed E-state index contributed by atoms with van der Waals surface area (Å²) < 4.78 is 0. The molecule has 1 aromatic rings. The number of halogens is 1. The first kappa shape index (κ1) is 19.3. The lowest BCUT2D eigenvalue weighted by Crippen LogP contribution is -2.44. The Labute approximate surface area is 143 Å². The van der Waals surface area contributed by atoms with Crippen LogP contribution in [0.1, 0.15) is 26.7 Å². The summed E-state index contributed by atoms with van der Waals surface area (Å²) in [6.45, 7) is 3.36. The standard InChI is InChI=1S/C15H19ClN2O4S/c1-15(2,8-14(21)22)7-12(19)17-18-13(20)9-23-11-5-3-10(16)4-6-11/h3-6H,7-9H2,1-2H3,(H,17,19)(H,18,20)(H,21,22). The smallest absolute Gasteiger partial charge is 0.303 e. The van der Waals surface area contributed by atoms with Gasteiger partial charge in [-0.05, 0) is 29.7 Å². The molecular weight excluding hydrogens is 340 g/mol. The lowest BCUT2D eigenvalue weighted by Gasteiger charge is -2.21.